The number of carbonyl (C=O) groups excluding carboxylic acids is 1. The molecule has 0 radical (unpaired) electrons. The van der Waals surface area contributed by atoms with Crippen LogP contribution in [0.1, 0.15) is 30.9 Å². The van der Waals surface area contributed by atoms with Crippen LogP contribution in [0.25, 0.3) is 0 Å². The summed E-state index contributed by atoms with van der Waals surface area (Å²) in [6, 6.07) is 7.97. The van der Waals surface area contributed by atoms with E-state index in [-0.39, 0.29) is 6.09 Å². The van der Waals surface area contributed by atoms with E-state index in [1.165, 1.54) is 12.0 Å². The molecule has 114 valence electrons. The van der Waals surface area contributed by atoms with Crippen LogP contribution in [0.4, 0.5) is 4.79 Å². The summed E-state index contributed by atoms with van der Waals surface area (Å²) >= 11 is 0. The lowest BCUT2D eigenvalue weighted by atomic mass is 10.0. The van der Waals surface area contributed by atoms with Crippen LogP contribution in [0.5, 0.6) is 5.75 Å². The Bertz CT molecular complexity index is 489. The molecule has 1 amide bonds. The minimum Gasteiger partial charge on any atom is -0.508 e. The minimum atomic E-state index is -0.175. The first kappa shape index (κ1) is 14.2. The Morgan fingerprint density at radius 1 is 1.19 bits per heavy atom. The van der Waals surface area contributed by atoms with E-state index in [1.807, 2.05) is 12.1 Å². The number of likely N-dealkylation sites (tertiary alicyclic amines) is 1. The molecular formula is C16H22N2O3. The van der Waals surface area contributed by atoms with Gasteiger partial charge in [-0.1, -0.05) is 12.1 Å². The van der Waals surface area contributed by atoms with E-state index < -0.39 is 0 Å². The van der Waals surface area contributed by atoms with E-state index in [4.69, 9.17) is 4.74 Å². The van der Waals surface area contributed by atoms with Crippen molar-refractivity contribution in [3.05, 3.63) is 29.8 Å². The topological polar surface area (TPSA) is 53.0 Å². The predicted molar refractivity (Wildman–Crippen MR) is 79.2 cm³/mol. The molecule has 1 atom stereocenters. The number of hydrogen-bond acceptors (Lipinski definition) is 4. The average Bonchev–Trinajstić information content (AvgIpc) is 3.10. The molecule has 0 saturated carbocycles. The first-order valence-electron chi connectivity index (χ1n) is 7.69. The molecular weight excluding hydrogens is 268 g/mol. The van der Waals surface area contributed by atoms with Gasteiger partial charge in [-0.25, -0.2) is 4.79 Å². The third-order valence-corrected chi connectivity index (χ3v) is 4.36. The summed E-state index contributed by atoms with van der Waals surface area (Å²) in [6.45, 7) is 4.13. The van der Waals surface area contributed by atoms with Gasteiger partial charge in [0.25, 0.3) is 0 Å². The Balaban J connectivity index is 1.52. The van der Waals surface area contributed by atoms with Gasteiger partial charge in [0, 0.05) is 19.1 Å². The Labute approximate surface area is 125 Å². The van der Waals surface area contributed by atoms with Gasteiger partial charge < -0.3 is 14.7 Å². The Hall–Kier alpha value is -1.75. The maximum Gasteiger partial charge on any atom is 0.409 e. The average molecular weight is 290 g/mol. The largest absolute Gasteiger partial charge is 0.508 e. The molecule has 1 aromatic carbocycles. The smallest absolute Gasteiger partial charge is 0.409 e. The van der Waals surface area contributed by atoms with Crippen molar-refractivity contribution in [3.63, 3.8) is 0 Å². The van der Waals surface area contributed by atoms with E-state index in [0.717, 1.165) is 39.0 Å². The van der Waals surface area contributed by atoms with Gasteiger partial charge in [-0.15, -0.1) is 0 Å². The summed E-state index contributed by atoms with van der Waals surface area (Å²) in [7, 11) is 0. The predicted octanol–water partition coefficient (Wildman–Crippen LogP) is 2.37. The second kappa shape index (κ2) is 6.35. The van der Waals surface area contributed by atoms with Gasteiger partial charge in [-0.3, -0.25) is 4.90 Å². The fraction of sp³-hybridized carbons (Fsp3) is 0.562. The summed E-state index contributed by atoms with van der Waals surface area (Å²) < 4.78 is 4.94. The lowest BCUT2D eigenvalue weighted by molar-refractivity contribution is 0.156. The molecule has 21 heavy (non-hydrogen) atoms. The lowest BCUT2D eigenvalue weighted by Crippen LogP contribution is -2.30. The molecule has 3 rings (SSSR count). The molecule has 2 aliphatic heterocycles. The summed E-state index contributed by atoms with van der Waals surface area (Å²) in [5.41, 5.74) is 1.27. The molecule has 0 unspecified atom stereocenters. The maximum absolute atomic E-state index is 11.4. The second-order valence-corrected chi connectivity index (χ2v) is 5.74. The lowest BCUT2D eigenvalue weighted by Gasteiger charge is -2.25. The molecule has 0 aromatic heterocycles. The molecule has 0 spiro atoms. The Kier molecular flexibility index (Phi) is 4.29. The number of rotatable bonds is 5. The van der Waals surface area contributed by atoms with Crippen LogP contribution in [0.2, 0.25) is 0 Å². The van der Waals surface area contributed by atoms with Crippen LogP contribution in [-0.4, -0.2) is 53.8 Å². The third kappa shape index (κ3) is 3.29. The molecule has 2 heterocycles. The highest BCUT2D eigenvalue weighted by molar-refractivity contribution is 5.69. The number of aromatic hydroxyl groups is 1. The van der Waals surface area contributed by atoms with Crippen LogP contribution >= 0.6 is 0 Å². The van der Waals surface area contributed by atoms with E-state index in [2.05, 4.69) is 4.90 Å². The van der Waals surface area contributed by atoms with Crippen LogP contribution in [0, 0.1) is 0 Å². The van der Waals surface area contributed by atoms with Gasteiger partial charge in [0.05, 0.1) is 6.54 Å². The number of hydrogen-bond donors (Lipinski definition) is 1. The number of amides is 1. The molecule has 1 N–H and O–H groups in total. The van der Waals surface area contributed by atoms with Gasteiger partial charge in [0.15, 0.2) is 0 Å². The van der Waals surface area contributed by atoms with Crippen molar-refractivity contribution in [2.75, 3.05) is 32.8 Å². The molecule has 2 fully saturated rings. The van der Waals surface area contributed by atoms with Crippen LogP contribution in [-0.2, 0) is 4.74 Å². The van der Waals surface area contributed by atoms with Crippen LogP contribution in [0.3, 0.4) is 0 Å². The molecule has 2 aliphatic rings. The van der Waals surface area contributed by atoms with Crippen LogP contribution < -0.4 is 0 Å². The number of benzene rings is 1. The Morgan fingerprint density at radius 2 is 2.00 bits per heavy atom. The molecule has 5 heteroatoms. The van der Waals surface area contributed by atoms with Gasteiger partial charge in [-0.2, -0.15) is 0 Å². The quantitative estimate of drug-likeness (QED) is 0.904. The summed E-state index contributed by atoms with van der Waals surface area (Å²) in [5, 5.41) is 9.39. The molecule has 5 nitrogen and oxygen atoms in total. The molecule has 0 aliphatic carbocycles. The van der Waals surface area contributed by atoms with E-state index in [9.17, 15) is 9.90 Å². The van der Waals surface area contributed by atoms with Crippen molar-refractivity contribution in [3.8, 4) is 5.75 Å². The summed E-state index contributed by atoms with van der Waals surface area (Å²) in [5.74, 6) is 0.316. The maximum atomic E-state index is 11.4. The van der Waals surface area contributed by atoms with E-state index >= 15 is 0 Å². The molecule has 2 saturated heterocycles. The minimum absolute atomic E-state index is 0.175. The van der Waals surface area contributed by atoms with Crippen LogP contribution in [0.15, 0.2) is 24.3 Å². The number of cyclic esters (lactones) is 1. The number of ether oxygens (including phenoxy) is 1. The normalized spacial score (nSPS) is 22.8. The zero-order valence-electron chi connectivity index (χ0n) is 12.2. The SMILES string of the molecule is O=C1OCCN1CCCN1CCC[C@@H]1c1ccc(O)cc1. The van der Waals surface area contributed by atoms with Gasteiger partial charge in [-0.05, 0) is 43.5 Å². The standard InChI is InChI=1S/C16H22N2O3/c19-14-6-4-13(5-7-14)15-3-1-8-17(15)9-2-10-18-11-12-21-16(18)20/h4-7,15,19H,1-3,8-12H2/t15-/m1/s1. The number of nitrogens with zero attached hydrogens (tertiary/aromatic N) is 2. The van der Waals surface area contributed by atoms with Crippen molar-refractivity contribution in [2.24, 2.45) is 0 Å². The highest BCUT2D eigenvalue weighted by atomic mass is 16.6. The van der Waals surface area contributed by atoms with Crippen molar-refractivity contribution in [2.45, 2.75) is 25.3 Å². The number of phenols is 1. The van der Waals surface area contributed by atoms with Crippen molar-refractivity contribution in [1.82, 2.24) is 9.80 Å². The zero-order valence-corrected chi connectivity index (χ0v) is 12.2. The zero-order chi connectivity index (χ0) is 14.7. The van der Waals surface area contributed by atoms with E-state index in [1.54, 1.807) is 17.0 Å². The van der Waals surface area contributed by atoms with Gasteiger partial charge in [0.2, 0.25) is 0 Å². The monoisotopic (exact) mass is 290 g/mol. The number of phenolic OH excluding ortho intramolecular Hbond substituents is 1. The number of carbonyl (C=O) groups is 1. The van der Waals surface area contributed by atoms with Gasteiger partial charge in [0.1, 0.15) is 12.4 Å². The highest BCUT2D eigenvalue weighted by Crippen LogP contribution is 2.32. The molecule has 1 aromatic rings. The second-order valence-electron chi connectivity index (χ2n) is 5.74. The fourth-order valence-corrected chi connectivity index (χ4v) is 3.26. The summed E-state index contributed by atoms with van der Waals surface area (Å²) in [6.07, 6.45) is 3.17. The van der Waals surface area contributed by atoms with Crippen molar-refractivity contribution in [1.29, 1.82) is 0 Å². The van der Waals surface area contributed by atoms with E-state index in [0.29, 0.717) is 18.4 Å². The van der Waals surface area contributed by atoms with Crippen molar-refractivity contribution >= 4 is 6.09 Å². The highest BCUT2D eigenvalue weighted by Gasteiger charge is 2.26. The summed E-state index contributed by atoms with van der Waals surface area (Å²) in [4.78, 5) is 15.6. The van der Waals surface area contributed by atoms with Crippen molar-refractivity contribution < 1.29 is 14.6 Å². The van der Waals surface area contributed by atoms with Gasteiger partial charge >= 0.3 is 6.09 Å². The Morgan fingerprint density at radius 3 is 2.71 bits per heavy atom. The third-order valence-electron chi connectivity index (χ3n) is 4.36. The fourth-order valence-electron chi connectivity index (χ4n) is 3.26. The first-order valence-corrected chi connectivity index (χ1v) is 7.69. The first-order chi connectivity index (χ1) is 10.2. The molecule has 0 bridgehead atoms.